The van der Waals surface area contributed by atoms with Gasteiger partial charge in [-0.1, -0.05) is 30.4 Å². The van der Waals surface area contributed by atoms with Crippen LogP contribution in [0.3, 0.4) is 0 Å². The van der Waals surface area contributed by atoms with Gasteiger partial charge in [0.15, 0.2) is 0 Å². The molecule has 6 nitrogen and oxygen atoms in total. The van der Waals surface area contributed by atoms with Crippen LogP contribution >= 0.6 is 23.1 Å². The van der Waals surface area contributed by atoms with Gasteiger partial charge in [0.25, 0.3) is 0 Å². The van der Waals surface area contributed by atoms with Crippen LogP contribution < -0.4 is 10.2 Å². The molecule has 0 spiro atoms. The highest BCUT2D eigenvalue weighted by atomic mass is 32.2. The average Bonchev–Trinajstić information content (AvgIpc) is 2.85. The molecule has 1 atom stereocenters. The minimum Gasteiger partial charge on any atom is -0.302 e. The molecule has 120 valence electrons. The molecule has 2 amide bonds. The van der Waals surface area contributed by atoms with Crippen molar-refractivity contribution in [3.8, 4) is 0 Å². The average molecular weight is 348 g/mol. The van der Waals surface area contributed by atoms with E-state index in [2.05, 4.69) is 15.5 Å². The molecular weight excluding hydrogens is 332 g/mol. The first kappa shape index (κ1) is 15.9. The number of aryl methyl sites for hydroxylation is 1. The lowest BCUT2D eigenvalue weighted by Gasteiger charge is -2.21. The largest absolute Gasteiger partial charge is 0.302 e. The zero-order valence-electron chi connectivity index (χ0n) is 12.8. The number of hydrogen-bond donors (Lipinski definition) is 1. The monoisotopic (exact) mass is 348 g/mol. The Labute approximate surface area is 142 Å². The molecule has 2 aromatic rings. The highest BCUT2D eigenvalue weighted by Gasteiger charge is 2.27. The van der Waals surface area contributed by atoms with E-state index in [9.17, 15) is 9.59 Å². The Bertz CT molecular complexity index is 747. The number of fused-ring (bicyclic) bond motifs is 1. The molecule has 0 fully saturated rings. The zero-order chi connectivity index (χ0) is 16.4. The first-order valence-electron chi connectivity index (χ1n) is 7.19. The molecule has 1 unspecified atom stereocenters. The van der Waals surface area contributed by atoms with E-state index >= 15 is 0 Å². The van der Waals surface area contributed by atoms with Gasteiger partial charge in [0.05, 0.1) is 5.69 Å². The number of anilines is 2. The van der Waals surface area contributed by atoms with E-state index in [0.717, 1.165) is 15.6 Å². The minimum atomic E-state index is -0.274. The first-order valence-corrected chi connectivity index (χ1v) is 8.88. The molecule has 0 radical (unpaired) electrons. The Hall–Kier alpha value is -1.93. The summed E-state index contributed by atoms with van der Waals surface area (Å²) in [6, 6.07) is 7.67. The van der Waals surface area contributed by atoms with E-state index < -0.39 is 0 Å². The summed E-state index contributed by atoms with van der Waals surface area (Å²) >= 11 is 2.97. The number of rotatable bonds is 3. The molecule has 0 saturated heterocycles. The fourth-order valence-electron chi connectivity index (χ4n) is 2.35. The van der Waals surface area contributed by atoms with Crippen LogP contribution in [0.2, 0.25) is 0 Å². The molecule has 1 aromatic heterocycles. The van der Waals surface area contributed by atoms with Gasteiger partial charge in [-0.25, -0.2) is 0 Å². The highest BCUT2D eigenvalue weighted by Crippen LogP contribution is 2.37. The van der Waals surface area contributed by atoms with Gasteiger partial charge < -0.3 is 4.90 Å². The summed E-state index contributed by atoms with van der Waals surface area (Å²) in [5, 5.41) is 11.8. The molecule has 1 aromatic carbocycles. The fraction of sp³-hybridized carbons (Fsp3) is 0.333. The van der Waals surface area contributed by atoms with Gasteiger partial charge in [0.1, 0.15) is 11.6 Å². The summed E-state index contributed by atoms with van der Waals surface area (Å²) in [6.07, 6.45) is 0.407. The molecular formula is C15H16N4O2S2. The molecule has 8 heteroatoms. The number of thioether (sulfide) groups is 1. The normalized spacial score (nSPS) is 17.6. The van der Waals surface area contributed by atoms with Crippen molar-refractivity contribution in [3.63, 3.8) is 0 Å². The van der Waals surface area contributed by atoms with E-state index in [1.807, 2.05) is 38.1 Å². The van der Waals surface area contributed by atoms with Crippen molar-refractivity contribution in [1.82, 2.24) is 10.2 Å². The van der Waals surface area contributed by atoms with Crippen molar-refractivity contribution in [2.75, 3.05) is 16.8 Å². The number of aromatic nitrogens is 2. The maximum absolute atomic E-state index is 12.5. The van der Waals surface area contributed by atoms with Gasteiger partial charge >= 0.3 is 0 Å². The number of amides is 2. The Morgan fingerprint density at radius 2 is 2.17 bits per heavy atom. The second-order valence-corrected chi connectivity index (χ2v) is 7.92. The van der Waals surface area contributed by atoms with Crippen LogP contribution in [-0.4, -0.2) is 33.8 Å². The third kappa shape index (κ3) is 3.70. The van der Waals surface area contributed by atoms with Crippen LogP contribution in [0, 0.1) is 6.92 Å². The van der Waals surface area contributed by atoms with Gasteiger partial charge in [-0.2, -0.15) is 0 Å². The smallest absolute Gasteiger partial charge is 0.246 e. The second kappa shape index (κ2) is 6.67. The second-order valence-electron chi connectivity index (χ2n) is 5.25. The van der Waals surface area contributed by atoms with Crippen LogP contribution in [0.1, 0.15) is 18.4 Å². The summed E-state index contributed by atoms with van der Waals surface area (Å²) in [7, 11) is 0. The summed E-state index contributed by atoms with van der Waals surface area (Å²) in [6.45, 7) is 3.81. The van der Waals surface area contributed by atoms with Gasteiger partial charge in [-0.3, -0.25) is 14.9 Å². The number of nitrogens with one attached hydrogen (secondary N) is 1. The molecule has 0 aliphatic carbocycles. The molecule has 23 heavy (non-hydrogen) atoms. The fourth-order valence-corrected chi connectivity index (χ4v) is 4.07. The number of benzene rings is 1. The lowest BCUT2D eigenvalue weighted by molar-refractivity contribution is -0.121. The van der Waals surface area contributed by atoms with E-state index in [1.54, 1.807) is 16.7 Å². The number of nitrogens with zero attached hydrogens (tertiary/aromatic N) is 3. The minimum absolute atomic E-state index is 0.0260. The molecule has 1 aliphatic rings. The molecule has 0 bridgehead atoms. The molecule has 0 saturated carbocycles. The van der Waals surface area contributed by atoms with Crippen LogP contribution in [0.15, 0.2) is 29.2 Å². The van der Waals surface area contributed by atoms with Gasteiger partial charge in [-0.15, -0.1) is 22.0 Å². The van der Waals surface area contributed by atoms with Crippen LogP contribution in [-0.2, 0) is 9.59 Å². The molecule has 2 heterocycles. The van der Waals surface area contributed by atoms with Crippen molar-refractivity contribution in [2.45, 2.75) is 30.4 Å². The Balaban J connectivity index is 1.80. The third-order valence-electron chi connectivity index (χ3n) is 3.32. The lowest BCUT2D eigenvalue weighted by Crippen LogP contribution is -2.38. The van der Waals surface area contributed by atoms with E-state index in [0.29, 0.717) is 11.6 Å². The summed E-state index contributed by atoms with van der Waals surface area (Å²) in [5.41, 5.74) is 0.787. The van der Waals surface area contributed by atoms with Crippen molar-refractivity contribution in [1.29, 1.82) is 0 Å². The van der Waals surface area contributed by atoms with Gasteiger partial charge in [-0.05, 0) is 19.1 Å². The number of carbonyl (C=O) groups is 2. The highest BCUT2D eigenvalue weighted by molar-refractivity contribution is 8.00. The van der Waals surface area contributed by atoms with Gasteiger partial charge in [0, 0.05) is 16.6 Å². The topological polar surface area (TPSA) is 75.2 Å². The quantitative estimate of drug-likeness (QED) is 0.923. The van der Waals surface area contributed by atoms with E-state index in [-0.39, 0.29) is 23.6 Å². The summed E-state index contributed by atoms with van der Waals surface area (Å²) < 4.78 is 0. The zero-order valence-corrected chi connectivity index (χ0v) is 14.4. The van der Waals surface area contributed by atoms with Crippen LogP contribution in [0.25, 0.3) is 0 Å². The molecule has 1 N–H and O–H groups in total. The number of carbonyl (C=O) groups excluding carboxylic acids is 2. The first-order chi connectivity index (χ1) is 11.0. The maximum atomic E-state index is 12.5. The standard InChI is InChI=1S/C15H16N4O2S2/c1-9-7-14(21)19(11-5-3-4-6-12(11)22-9)8-13(20)16-15-18-17-10(2)23-15/h3-6,9H,7-8H2,1-2H3,(H,16,18,20). The SMILES string of the molecule is Cc1nnc(NC(=O)CN2C(=O)CC(C)Sc3ccccc32)s1. The number of para-hydroxylation sites is 1. The summed E-state index contributed by atoms with van der Waals surface area (Å²) in [4.78, 5) is 27.3. The van der Waals surface area contributed by atoms with Crippen molar-refractivity contribution < 1.29 is 9.59 Å². The predicted octanol–water partition coefficient (Wildman–Crippen LogP) is 2.70. The molecule has 3 rings (SSSR count). The Morgan fingerprint density at radius 3 is 2.91 bits per heavy atom. The van der Waals surface area contributed by atoms with E-state index in [1.165, 1.54) is 11.3 Å². The Kier molecular flexibility index (Phi) is 4.63. The predicted molar refractivity (Wildman–Crippen MR) is 92.0 cm³/mol. The summed E-state index contributed by atoms with van der Waals surface area (Å²) in [5.74, 6) is -0.317. The third-order valence-corrected chi connectivity index (χ3v) is 5.24. The van der Waals surface area contributed by atoms with Crippen LogP contribution in [0.4, 0.5) is 10.8 Å². The van der Waals surface area contributed by atoms with Crippen molar-refractivity contribution >= 4 is 45.7 Å². The van der Waals surface area contributed by atoms with Crippen molar-refractivity contribution in [2.24, 2.45) is 0 Å². The maximum Gasteiger partial charge on any atom is 0.246 e. The number of hydrogen-bond acceptors (Lipinski definition) is 6. The van der Waals surface area contributed by atoms with Crippen LogP contribution in [0.5, 0.6) is 0 Å². The lowest BCUT2D eigenvalue weighted by atomic mass is 10.2. The Morgan fingerprint density at radius 1 is 1.39 bits per heavy atom. The van der Waals surface area contributed by atoms with E-state index in [4.69, 9.17) is 0 Å². The van der Waals surface area contributed by atoms with Crippen molar-refractivity contribution in [3.05, 3.63) is 29.3 Å². The molecule has 1 aliphatic heterocycles. The van der Waals surface area contributed by atoms with Gasteiger partial charge in [0.2, 0.25) is 16.9 Å².